The number of hydrogen-bond acceptors (Lipinski definition) is 4. The molecule has 3 aromatic carbocycles. The number of carbonyl (C=O) groups excluding carboxylic acids is 2. The maximum absolute atomic E-state index is 13.4. The second kappa shape index (κ2) is 8.99. The Labute approximate surface area is 188 Å². The summed E-state index contributed by atoms with van der Waals surface area (Å²) in [5.41, 5.74) is 1.02. The van der Waals surface area contributed by atoms with Crippen LogP contribution in [0.2, 0.25) is 0 Å². The minimum Gasteiger partial charge on any atom is -0.349 e. The lowest BCUT2D eigenvalue weighted by molar-refractivity contribution is 0.0949. The van der Waals surface area contributed by atoms with Gasteiger partial charge in [-0.1, -0.05) is 12.1 Å². The summed E-state index contributed by atoms with van der Waals surface area (Å²) < 4.78 is 53.7. The molecule has 0 atom stereocenters. The molecule has 1 saturated carbocycles. The molecule has 0 radical (unpaired) electrons. The molecule has 0 aliphatic heterocycles. The Morgan fingerprint density at radius 1 is 0.788 bits per heavy atom. The van der Waals surface area contributed by atoms with Crippen LogP contribution in [0.25, 0.3) is 0 Å². The average Bonchev–Trinajstić information content (AvgIpc) is 3.59. The molecule has 0 aromatic heterocycles. The largest absolute Gasteiger partial charge is 0.349 e. The molecule has 0 bridgehead atoms. The molecule has 2 amide bonds. The van der Waals surface area contributed by atoms with E-state index >= 15 is 0 Å². The van der Waals surface area contributed by atoms with Crippen molar-refractivity contribution in [2.75, 3.05) is 10.0 Å². The molecule has 1 fully saturated rings. The number of carbonyl (C=O) groups is 2. The highest BCUT2D eigenvalue weighted by Gasteiger charge is 2.24. The number of benzene rings is 3. The predicted molar refractivity (Wildman–Crippen MR) is 118 cm³/mol. The third-order valence-electron chi connectivity index (χ3n) is 4.87. The van der Waals surface area contributed by atoms with Gasteiger partial charge in [-0.05, 0) is 67.4 Å². The van der Waals surface area contributed by atoms with E-state index in [0.717, 1.165) is 18.9 Å². The molecule has 0 heterocycles. The van der Waals surface area contributed by atoms with Gasteiger partial charge in [-0.2, -0.15) is 0 Å². The van der Waals surface area contributed by atoms with Gasteiger partial charge in [0.05, 0.1) is 4.90 Å². The van der Waals surface area contributed by atoms with Crippen molar-refractivity contribution < 1.29 is 26.8 Å². The van der Waals surface area contributed by atoms with Crippen molar-refractivity contribution in [2.24, 2.45) is 0 Å². The van der Waals surface area contributed by atoms with Crippen LogP contribution in [-0.4, -0.2) is 26.3 Å². The second-order valence-electron chi connectivity index (χ2n) is 7.54. The fourth-order valence-electron chi connectivity index (χ4n) is 3.02. The molecule has 0 spiro atoms. The van der Waals surface area contributed by atoms with Gasteiger partial charge in [0.1, 0.15) is 0 Å². The highest BCUT2D eigenvalue weighted by atomic mass is 32.2. The van der Waals surface area contributed by atoms with Gasteiger partial charge in [-0.3, -0.25) is 14.3 Å². The van der Waals surface area contributed by atoms with E-state index in [1.165, 1.54) is 24.3 Å². The minimum absolute atomic E-state index is 0.0601. The van der Waals surface area contributed by atoms with E-state index in [2.05, 4.69) is 15.4 Å². The van der Waals surface area contributed by atoms with E-state index in [9.17, 15) is 26.8 Å². The van der Waals surface area contributed by atoms with Crippen LogP contribution in [0, 0.1) is 11.6 Å². The third-order valence-corrected chi connectivity index (χ3v) is 6.25. The number of nitrogens with one attached hydrogen (secondary N) is 3. The van der Waals surface area contributed by atoms with Crippen molar-refractivity contribution in [1.29, 1.82) is 0 Å². The zero-order valence-corrected chi connectivity index (χ0v) is 18.0. The van der Waals surface area contributed by atoms with Gasteiger partial charge in [0.2, 0.25) is 0 Å². The predicted octanol–water partition coefficient (Wildman–Crippen LogP) is 3.91. The Hall–Kier alpha value is -3.79. The normalized spacial score (nSPS) is 13.3. The molecule has 3 N–H and O–H groups in total. The molecule has 0 unspecified atom stereocenters. The summed E-state index contributed by atoms with van der Waals surface area (Å²) in [7, 11) is -4.21. The number of halogens is 2. The van der Waals surface area contributed by atoms with Gasteiger partial charge >= 0.3 is 0 Å². The van der Waals surface area contributed by atoms with E-state index in [4.69, 9.17) is 0 Å². The number of hydrogen-bond donors (Lipinski definition) is 3. The summed E-state index contributed by atoms with van der Waals surface area (Å²) >= 11 is 0. The van der Waals surface area contributed by atoms with E-state index in [1.54, 1.807) is 24.3 Å². The Morgan fingerprint density at radius 2 is 1.42 bits per heavy atom. The van der Waals surface area contributed by atoms with Crippen LogP contribution in [0.3, 0.4) is 0 Å². The monoisotopic (exact) mass is 471 g/mol. The summed E-state index contributed by atoms with van der Waals surface area (Å²) in [6.07, 6.45) is 1.91. The van der Waals surface area contributed by atoms with Crippen molar-refractivity contribution in [3.05, 3.63) is 89.5 Å². The zero-order valence-electron chi connectivity index (χ0n) is 17.1. The van der Waals surface area contributed by atoms with Crippen LogP contribution in [0.4, 0.5) is 20.2 Å². The molecule has 170 valence electrons. The van der Waals surface area contributed by atoms with Gasteiger partial charge in [-0.15, -0.1) is 0 Å². The van der Waals surface area contributed by atoms with Crippen LogP contribution in [0.5, 0.6) is 0 Å². The summed E-state index contributed by atoms with van der Waals surface area (Å²) in [5, 5.41) is 5.54. The molecule has 0 saturated heterocycles. The van der Waals surface area contributed by atoms with Gasteiger partial charge in [0, 0.05) is 28.5 Å². The first-order valence-corrected chi connectivity index (χ1v) is 11.5. The molecule has 33 heavy (non-hydrogen) atoms. The summed E-state index contributed by atoms with van der Waals surface area (Å²) in [5.74, 6) is -3.20. The first kappa shape index (κ1) is 22.4. The lowest BCUT2D eigenvalue weighted by Crippen LogP contribution is -2.25. The van der Waals surface area contributed by atoms with Gasteiger partial charge in [-0.25, -0.2) is 17.2 Å². The molecule has 7 nitrogen and oxygen atoms in total. The lowest BCUT2D eigenvalue weighted by Gasteiger charge is -2.11. The summed E-state index contributed by atoms with van der Waals surface area (Å²) in [6, 6.07) is 14.5. The SMILES string of the molecule is O=C(Nc1cccc(C(=O)NC2CC2)c1)c1cccc(NS(=O)(=O)c2ccc(F)c(F)c2)c1. The van der Waals surface area contributed by atoms with Crippen molar-refractivity contribution in [3.8, 4) is 0 Å². The molecule has 1 aliphatic carbocycles. The van der Waals surface area contributed by atoms with Crippen molar-refractivity contribution in [3.63, 3.8) is 0 Å². The molecular formula is C23H19F2N3O4S. The number of amides is 2. The third kappa shape index (κ3) is 5.53. The lowest BCUT2D eigenvalue weighted by atomic mass is 10.1. The van der Waals surface area contributed by atoms with E-state index < -0.39 is 32.5 Å². The Morgan fingerprint density at radius 3 is 2.09 bits per heavy atom. The highest BCUT2D eigenvalue weighted by Crippen LogP contribution is 2.21. The van der Waals surface area contributed by atoms with Crippen LogP contribution in [0.15, 0.2) is 71.6 Å². The Balaban J connectivity index is 1.47. The van der Waals surface area contributed by atoms with E-state index in [1.807, 2.05) is 0 Å². The fourth-order valence-corrected chi connectivity index (χ4v) is 4.08. The van der Waals surface area contributed by atoms with Gasteiger partial charge in [0.25, 0.3) is 21.8 Å². The van der Waals surface area contributed by atoms with Crippen LogP contribution >= 0.6 is 0 Å². The fraction of sp³-hybridized carbons (Fsp3) is 0.130. The maximum Gasteiger partial charge on any atom is 0.261 e. The summed E-state index contributed by atoms with van der Waals surface area (Å²) in [6.45, 7) is 0. The van der Waals surface area contributed by atoms with Crippen molar-refractivity contribution in [2.45, 2.75) is 23.8 Å². The standard InChI is InChI=1S/C23H19F2N3O4S/c24-20-10-9-19(13-21(20)25)33(31,32)28-18-6-2-4-15(12-18)23(30)27-17-5-1-3-14(11-17)22(29)26-16-7-8-16/h1-6,9-13,16,28H,7-8H2,(H,26,29)(H,27,30). The van der Waals surface area contributed by atoms with Crippen LogP contribution in [0.1, 0.15) is 33.6 Å². The average molecular weight is 471 g/mol. The van der Waals surface area contributed by atoms with Crippen molar-refractivity contribution >= 4 is 33.2 Å². The van der Waals surface area contributed by atoms with Crippen molar-refractivity contribution in [1.82, 2.24) is 5.32 Å². The quantitative estimate of drug-likeness (QED) is 0.486. The molecule has 4 rings (SSSR count). The van der Waals surface area contributed by atoms with Crippen LogP contribution < -0.4 is 15.4 Å². The van der Waals surface area contributed by atoms with Crippen LogP contribution in [-0.2, 0) is 10.0 Å². The Bertz CT molecular complexity index is 1340. The number of rotatable bonds is 7. The topological polar surface area (TPSA) is 104 Å². The summed E-state index contributed by atoms with van der Waals surface area (Å²) in [4.78, 5) is 24.4. The van der Waals surface area contributed by atoms with E-state index in [0.29, 0.717) is 23.4 Å². The minimum atomic E-state index is -4.21. The van der Waals surface area contributed by atoms with Gasteiger partial charge in [0.15, 0.2) is 11.6 Å². The molecule has 3 aromatic rings. The first-order chi connectivity index (χ1) is 15.7. The maximum atomic E-state index is 13.4. The first-order valence-electron chi connectivity index (χ1n) is 10.0. The highest BCUT2D eigenvalue weighted by molar-refractivity contribution is 7.92. The zero-order chi connectivity index (χ0) is 23.6. The number of anilines is 2. The molecule has 1 aliphatic rings. The van der Waals surface area contributed by atoms with Gasteiger partial charge < -0.3 is 10.6 Å². The number of sulfonamides is 1. The second-order valence-corrected chi connectivity index (χ2v) is 9.23. The molecular weight excluding hydrogens is 452 g/mol. The van der Waals surface area contributed by atoms with E-state index in [-0.39, 0.29) is 23.2 Å². The smallest absolute Gasteiger partial charge is 0.261 e. The Kier molecular flexibility index (Phi) is 6.10. The molecule has 10 heteroatoms.